The largest absolute Gasteiger partial charge is 0.491 e. The summed E-state index contributed by atoms with van der Waals surface area (Å²) in [7, 11) is 1.66. The van der Waals surface area contributed by atoms with Crippen molar-refractivity contribution < 1.29 is 14.6 Å². The number of rotatable bonds is 12. The van der Waals surface area contributed by atoms with Crippen LogP contribution < -0.4 is 15.4 Å². The van der Waals surface area contributed by atoms with Crippen LogP contribution in [0.1, 0.15) is 44.7 Å². The summed E-state index contributed by atoms with van der Waals surface area (Å²) < 4.78 is 10.9. The second kappa shape index (κ2) is 14.9. The molecule has 162 valence electrons. The Hall–Kier alpha value is -1.06. The Morgan fingerprint density at radius 3 is 2.43 bits per heavy atom. The molecule has 0 aliphatic heterocycles. The third kappa shape index (κ3) is 8.96. The smallest absolute Gasteiger partial charge is 0.191 e. The van der Waals surface area contributed by atoms with Crippen LogP contribution in [-0.4, -0.2) is 51.1 Å². The van der Waals surface area contributed by atoms with E-state index >= 15 is 0 Å². The number of hydrogen-bond acceptors (Lipinski definition) is 4. The van der Waals surface area contributed by atoms with E-state index in [0.29, 0.717) is 26.3 Å². The highest BCUT2D eigenvalue weighted by atomic mass is 127. The summed E-state index contributed by atoms with van der Waals surface area (Å²) >= 11 is 0. The van der Waals surface area contributed by atoms with Gasteiger partial charge in [0, 0.05) is 31.2 Å². The fourth-order valence-corrected chi connectivity index (χ4v) is 2.72. The lowest BCUT2D eigenvalue weighted by Gasteiger charge is -2.30. The molecule has 0 bridgehead atoms. The van der Waals surface area contributed by atoms with Crippen molar-refractivity contribution in [3.8, 4) is 5.75 Å². The minimum absolute atomic E-state index is 0. The summed E-state index contributed by atoms with van der Waals surface area (Å²) in [6.07, 6.45) is 1.84. The molecule has 0 aliphatic rings. The van der Waals surface area contributed by atoms with Gasteiger partial charge in [0.2, 0.25) is 0 Å². The fourth-order valence-electron chi connectivity index (χ4n) is 2.72. The van der Waals surface area contributed by atoms with Crippen LogP contribution in [0.25, 0.3) is 0 Å². The molecule has 6 nitrogen and oxygen atoms in total. The third-order valence-electron chi connectivity index (χ3n) is 4.99. The molecule has 0 aromatic heterocycles. The van der Waals surface area contributed by atoms with Gasteiger partial charge in [0.15, 0.2) is 5.96 Å². The lowest BCUT2D eigenvalue weighted by atomic mass is 9.83. The third-order valence-corrected chi connectivity index (χ3v) is 4.99. The minimum atomic E-state index is -0.117. The lowest BCUT2D eigenvalue weighted by molar-refractivity contribution is 0.118. The lowest BCUT2D eigenvalue weighted by Crippen LogP contribution is -2.44. The monoisotopic (exact) mass is 507 g/mol. The molecule has 0 atom stereocenters. The predicted molar refractivity (Wildman–Crippen MR) is 127 cm³/mol. The zero-order valence-corrected chi connectivity index (χ0v) is 20.3. The van der Waals surface area contributed by atoms with Crippen LogP contribution in [0, 0.1) is 12.3 Å². The van der Waals surface area contributed by atoms with Crippen molar-refractivity contribution in [3.05, 3.63) is 29.3 Å². The fraction of sp³-hybridized carbons (Fsp3) is 0.667. The maximum atomic E-state index is 9.77. The average Bonchev–Trinajstić information content (AvgIpc) is 2.68. The van der Waals surface area contributed by atoms with E-state index in [4.69, 9.17) is 14.5 Å². The zero-order valence-electron chi connectivity index (χ0n) is 18.0. The first kappa shape index (κ1) is 26.9. The van der Waals surface area contributed by atoms with E-state index in [-0.39, 0.29) is 36.0 Å². The van der Waals surface area contributed by atoms with Crippen molar-refractivity contribution in [2.24, 2.45) is 10.4 Å². The Balaban J connectivity index is 0.00000729. The van der Waals surface area contributed by atoms with Gasteiger partial charge >= 0.3 is 0 Å². The maximum absolute atomic E-state index is 9.77. The Kier molecular flexibility index (Phi) is 14.3. The molecule has 0 heterocycles. The number of ether oxygens (including phenoxy) is 2. The first-order chi connectivity index (χ1) is 13.0. The van der Waals surface area contributed by atoms with E-state index in [1.807, 2.05) is 19.9 Å². The molecule has 28 heavy (non-hydrogen) atoms. The van der Waals surface area contributed by atoms with Gasteiger partial charge in [0.1, 0.15) is 12.4 Å². The molecule has 0 saturated carbocycles. The summed E-state index contributed by atoms with van der Waals surface area (Å²) in [5, 5.41) is 16.4. The summed E-state index contributed by atoms with van der Waals surface area (Å²) in [5.74, 6) is 1.60. The second-order valence-electron chi connectivity index (χ2n) is 6.87. The maximum Gasteiger partial charge on any atom is 0.191 e. The molecule has 3 N–H and O–H groups in total. The van der Waals surface area contributed by atoms with Crippen molar-refractivity contribution in [1.82, 2.24) is 10.6 Å². The Morgan fingerprint density at radius 1 is 1.14 bits per heavy atom. The number of halogens is 1. The van der Waals surface area contributed by atoms with Crippen molar-refractivity contribution in [3.63, 3.8) is 0 Å². The number of nitrogens with one attached hydrogen (secondary N) is 2. The number of nitrogens with zero attached hydrogens (tertiary/aromatic N) is 1. The van der Waals surface area contributed by atoms with Gasteiger partial charge in [-0.25, -0.2) is 4.99 Å². The topological polar surface area (TPSA) is 75.1 Å². The number of methoxy groups -OCH3 is 1. The van der Waals surface area contributed by atoms with E-state index < -0.39 is 0 Å². The highest BCUT2D eigenvalue weighted by Crippen LogP contribution is 2.24. The highest BCUT2D eigenvalue weighted by Gasteiger charge is 2.25. The van der Waals surface area contributed by atoms with Crippen LogP contribution in [0.5, 0.6) is 5.75 Å². The number of aryl methyl sites for hydroxylation is 1. The number of aliphatic hydroxyl groups is 1. The van der Waals surface area contributed by atoms with Crippen LogP contribution >= 0.6 is 24.0 Å². The predicted octanol–water partition coefficient (Wildman–Crippen LogP) is 3.49. The quantitative estimate of drug-likeness (QED) is 0.175. The second-order valence-corrected chi connectivity index (χ2v) is 6.87. The van der Waals surface area contributed by atoms with E-state index in [1.54, 1.807) is 7.11 Å². The molecular formula is C21H38IN3O3. The molecule has 1 aromatic rings. The van der Waals surface area contributed by atoms with Gasteiger partial charge in [-0.15, -0.1) is 24.0 Å². The normalized spacial score (nSPS) is 11.7. The van der Waals surface area contributed by atoms with E-state index in [0.717, 1.165) is 42.2 Å². The SMILES string of the molecule is CCNC(=NCc1ccc(C)cc1OCCOC)NCC(CC)(CC)CO.I. The summed E-state index contributed by atoms with van der Waals surface area (Å²) in [5.41, 5.74) is 2.07. The Labute approximate surface area is 187 Å². The molecule has 0 spiro atoms. The minimum Gasteiger partial charge on any atom is -0.491 e. The summed E-state index contributed by atoms with van der Waals surface area (Å²) in [4.78, 5) is 4.71. The molecule has 1 aromatic carbocycles. The summed E-state index contributed by atoms with van der Waals surface area (Å²) in [6, 6.07) is 6.16. The molecule has 0 radical (unpaired) electrons. The highest BCUT2D eigenvalue weighted by molar-refractivity contribution is 14.0. The van der Waals surface area contributed by atoms with Crippen molar-refractivity contribution in [1.29, 1.82) is 0 Å². The van der Waals surface area contributed by atoms with Gasteiger partial charge in [-0.2, -0.15) is 0 Å². The standard InChI is InChI=1S/C21H37N3O3.HI/c1-6-21(7-2,16-25)15-24-20(22-8-3)23-14-18-10-9-17(4)13-19(18)27-12-11-26-5;/h9-10,13,25H,6-8,11-12,14-16H2,1-5H3,(H2,22,23,24);1H. The van der Waals surface area contributed by atoms with E-state index in [9.17, 15) is 5.11 Å². The Bertz CT molecular complexity index is 570. The van der Waals surface area contributed by atoms with Crippen LogP contribution in [-0.2, 0) is 11.3 Å². The van der Waals surface area contributed by atoms with Gasteiger partial charge in [-0.05, 0) is 38.3 Å². The number of aliphatic hydroxyl groups excluding tert-OH is 1. The van der Waals surface area contributed by atoms with E-state index in [1.165, 1.54) is 0 Å². The van der Waals surface area contributed by atoms with E-state index in [2.05, 4.69) is 36.6 Å². The molecule has 1 rings (SSSR count). The number of guanidine groups is 1. The van der Waals surface area contributed by atoms with Crippen molar-refractivity contribution >= 4 is 29.9 Å². The molecule has 0 aliphatic carbocycles. The molecule has 7 heteroatoms. The van der Waals surface area contributed by atoms with Gasteiger partial charge in [0.25, 0.3) is 0 Å². The molecule has 0 saturated heterocycles. The van der Waals surface area contributed by atoms with Gasteiger partial charge in [0.05, 0.1) is 19.8 Å². The van der Waals surface area contributed by atoms with Crippen LogP contribution in [0.2, 0.25) is 0 Å². The van der Waals surface area contributed by atoms with Crippen LogP contribution in [0.15, 0.2) is 23.2 Å². The average molecular weight is 507 g/mol. The molecule has 0 unspecified atom stereocenters. The molecule has 0 amide bonds. The van der Waals surface area contributed by atoms with Crippen LogP contribution in [0.3, 0.4) is 0 Å². The first-order valence-corrected chi connectivity index (χ1v) is 9.88. The van der Waals surface area contributed by atoms with Crippen LogP contribution in [0.4, 0.5) is 0 Å². The van der Waals surface area contributed by atoms with Gasteiger partial charge in [-0.1, -0.05) is 26.0 Å². The summed E-state index contributed by atoms with van der Waals surface area (Å²) in [6.45, 7) is 11.5. The van der Waals surface area contributed by atoms with Crippen molar-refractivity contribution in [2.75, 3.05) is 40.0 Å². The number of aliphatic imine (C=N–C) groups is 1. The first-order valence-electron chi connectivity index (χ1n) is 9.88. The van der Waals surface area contributed by atoms with Crippen molar-refractivity contribution in [2.45, 2.75) is 47.1 Å². The zero-order chi connectivity index (χ0) is 20.1. The Morgan fingerprint density at radius 2 is 1.86 bits per heavy atom. The number of benzene rings is 1. The van der Waals surface area contributed by atoms with Gasteiger partial charge in [-0.3, -0.25) is 0 Å². The number of hydrogen-bond donors (Lipinski definition) is 3. The molecular weight excluding hydrogens is 469 g/mol. The van der Waals surface area contributed by atoms with Gasteiger partial charge < -0.3 is 25.2 Å². The molecule has 0 fully saturated rings.